The highest BCUT2D eigenvalue weighted by Gasteiger charge is 2.33. The molecule has 0 unspecified atom stereocenters. The number of anilines is 1. The lowest BCUT2D eigenvalue weighted by Crippen LogP contribution is -2.33. The molecule has 27 heavy (non-hydrogen) atoms. The number of hydrogen-bond donors (Lipinski definition) is 1. The second-order valence-corrected chi connectivity index (χ2v) is 6.58. The number of urea groups is 1. The molecule has 1 fully saturated rings. The van der Waals surface area contributed by atoms with Crippen molar-refractivity contribution in [1.29, 1.82) is 0 Å². The molecule has 0 aliphatic carbocycles. The Morgan fingerprint density at radius 2 is 1.93 bits per heavy atom. The van der Waals surface area contributed by atoms with Crippen LogP contribution in [0.25, 0.3) is 0 Å². The summed E-state index contributed by atoms with van der Waals surface area (Å²) in [6, 6.07) is -0.372. The van der Waals surface area contributed by atoms with Crippen LogP contribution in [0.3, 0.4) is 0 Å². The van der Waals surface area contributed by atoms with E-state index < -0.39 is 18.0 Å². The first-order chi connectivity index (χ1) is 12.6. The molecule has 10 heteroatoms. The molecule has 4 amide bonds. The van der Waals surface area contributed by atoms with Crippen molar-refractivity contribution in [2.45, 2.75) is 39.7 Å². The molecule has 10 nitrogen and oxygen atoms in total. The quantitative estimate of drug-likeness (QED) is 0.548. The van der Waals surface area contributed by atoms with Gasteiger partial charge in [-0.2, -0.15) is 5.10 Å². The molecule has 1 saturated heterocycles. The molecule has 148 valence electrons. The van der Waals surface area contributed by atoms with E-state index in [0.717, 1.165) is 10.6 Å². The molecule has 0 saturated carbocycles. The van der Waals surface area contributed by atoms with Crippen molar-refractivity contribution in [3.63, 3.8) is 0 Å². The van der Waals surface area contributed by atoms with Gasteiger partial charge in [0.25, 0.3) is 5.91 Å². The van der Waals surface area contributed by atoms with Crippen molar-refractivity contribution in [1.82, 2.24) is 19.6 Å². The Balaban J connectivity index is 1.78. The lowest BCUT2D eigenvalue weighted by Gasteiger charge is -2.15. The summed E-state index contributed by atoms with van der Waals surface area (Å²) in [5.74, 6) is -1.30. The third-order valence-corrected chi connectivity index (χ3v) is 4.43. The van der Waals surface area contributed by atoms with Crippen molar-refractivity contribution in [3.8, 4) is 0 Å². The Labute approximate surface area is 157 Å². The van der Waals surface area contributed by atoms with Gasteiger partial charge in [0.05, 0.1) is 17.1 Å². The third-order valence-electron chi connectivity index (χ3n) is 4.43. The Kier molecular flexibility index (Phi) is 6.19. The number of likely N-dealkylation sites (N-methyl/N-ethyl adjacent to an activating group) is 1. The third kappa shape index (κ3) is 4.63. The number of hydrogen-bond acceptors (Lipinski definition) is 6. The van der Waals surface area contributed by atoms with E-state index in [1.807, 2.05) is 6.92 Å². The normalized spacial score (nSPS) is 15.3. The van der Waals surface area contributed by atoms with Crippen molar-refractivity contribution in [2.24, 2.45) is 7.05 Å². The molecule has 2 rings (SSSR count). The maximum absolute atomic E-state index is 12.2. The molecule has 1 aromatic rings. The minimum absolute atomic E-state index is 0.00332. The number of aromatic nitrogens is 2. The number of aryl methyl sites for hydroxylation is 2. The van der Waals surface area contributed by atoms with E-state index in [1.54, 1.807) is 25.7 Å². The van der Waals surface area contributed by atoms with Gasteiger partial charge in [-0.25, -0.2) is 4.79 Å². The molecule has 2 heterocycles. The van der Waals surface area contributed by atoms with Gasteiger partial charge in [-0.1, -0.05) is 0 Å². The monoisotopic (exact) mass is 379 g/mol. The minimum Gasteiger partial charge on any atom is -0.453 e. The van der Waals surface area contributed by atoms with Crippen molar-refractivity contribution in [3.05, 3.63) is 11.4 Å². The van der Waals surface area contributed by atoms with E-state index >= 15 is 0 Å². The zero-order valence-corrected chi connectivity index (χ0v) is 16.2. The molecule has 1 N–H and O–H groups in total. The van der Waals surface area contributed by atoms with Gasteiger partial charge >= 0.3 is 12.0 Å². The van der Waals surface area contributed by atoms with E-state index in [1.165, 1.54) is 11.8 Å². The highest BCUT2D eigenvalue weighted by atomic mass is 16.5. The summed E-state index contributed by atoms with van der Waals surface area (Å²) in [5, 5.41) is 6.93. The van der Waals surface area contributed by atoms with Gasteiger partial charge in [0, 0.05) is 27.1 Å². The van der Waals surface area contributed by atoms with Crippen molar-refractivity contribution in [2.75, 3.05) is 25.5 Å². The minimum atomic E-state index is -0.974. The molecular weight excluding hydrogens is 354 g/mol. The van der Waals surface area contributed by atoms with Crippen LogP contribution in [0.5, 0.6) is 0 Å². The van der Waals surface area contributed by atoms with Crippen LogP contribution in [0.15, 0.2) is 0 Å². The van der Waals surface area contributed by atoms with E-state index in [-0.39, 0.29) is 37.9 Å². The van der Waals surface area contributed by atoms with Crippen LogP contribution in [0.1, 0.15) is 31.2 Å². The summed E-state index contributed by atoms with van der Waals surface area (Å²) in [4.78, 5) is 50.0. The van der Waals surface area contributed by atoms with E-state index in [2.05, 4.69) is 10.4 Å². The predicted molar refractivity (Wildman–Crippen MR) is 95.8 cm³/mol. The lowest BCUT2D eigenvalue weighted by molar-refractivity contribution is -0.153. The summed E-state index contributed by atoms with van der Waals surface area (Å²) in [7, 11) is 3.32. The first kappa shape index (κ1) is 20.4. The van der Waals surface area contributed by atoms with Gasteiger partial charge in [-0.15, -0.1) is 0 Å². The van der Waals surface area contributed by atoms with Crippen LogP contribution in [0.2, 0.25) is 0 Å². The summed E-state index contributed by atoms with van der Waals surface area (Å²) in [6.07, 6.45) is -0.694. The van der Waals surface area contributed by atoms with E-state index in [9.17, 15) is 19.2 Å². The average molecular weight is 379 g/mol. The highest BCUT2D eigenvalue weighted by Crippen LogP contribution is 2.19. The molecule has 0 bridgehead atoms. The molecule has 1 aliphatic rings. The van der Waals surface area contributed by atoms with Gasteiger partial charge in [0.15, 0.2) is 6.10 Å². The summed E-state index contributed by atoms with van der Waals surface area (Å²) < 4.78 is 6.79. The summed E-state index contributed by atoms with van der Waals surface area (Å²) >= 11 is 0. The maximum atomic E-state index is 12.2. The van der Waals surface area contributed by atoms with Gasteiger partial charge < -0.3 is 15.0 Å². The van der Waals surface area contributed by atoms with Crippen LogP contribution in [-0.4, -0.2) is 69.6 Å². The van der Waals surface area contributed by atoms with Gasteiger partial charge in [-0.05, 0) is 27.2 Å². The molecule has 1 atom stereocenters. The number of nitrogens with one attached hydrogen (secondary N) is 1. The average Bonchev–Trinajstić information content (AvgIpc) is 2.97. The second kappa shape index (κ2) is 8.19. The van der Waals surface area contributed by atoms with Crippen LogP contribution in [-0.2, 0) is 26.2 Å². The second-order valence-electron chi connectivity index (χ2n) is 6.58. The Hall–Kier alpha value is -2.91. The maximum Gasteiger partial charge on any atom is 0.326 e. The largest absolute Gasteiger partial charge is 0.453 e. The van der Waals surface area contributed by atoms with Gasteiger partial charge in [-0.3, -0.25) is 24.0 Å². The van der Waals surface area contributed by atoms with Gasteiger partial charge in [0.2, 0.25) is 5.91 Å². The summed E-state index contributed by atoms with van der Waals surface area (Å²) in [6.45, 7) is 5.28. The number of carbonyl (C=O) groups excluding carboxylic acids is 4. The first-order valence-corrected chi connectivity index (χ1v) is 8.67. The SMILES string of the molecule is Cc1nn(C)c(C)c1NC(=O)[C@H](C)OC(=O)CCCN1C(=O)CN(C)C1=O. The Morgan fingerprint density at radius 3 is 2.44 bits per heavy atom. The zero-order chi connectivity index (χ0) is 20.3. The predicted octanol–water partition coefficient (Wildman–Crippen LogP) is 0.581. The van der Waals surface area contributed by atoms with Crippen molar-refractivity contribution >= 4 is 29.5 Å². The van der Waals surface area contributed by atoms with E-state index in [4.69, 9.17) is 4.74 Å². The number of carbonyl (C=O) groups is 4. The molecule has 0 radical (unpaired) electrons. The van der Waals surface area contributed by atoms with Crippen LogP contribution >= 0.6 is 0 Å². The number of imide groups is 1. The standard InChI is InChI=1S/C17H25N5O5/c1-10-15(11(2)21(5)19-10)18-16(25)12(3)27-14(24)7-6-8-22-13(23)9-20(4)17(22)26/h12H,6-9H2,1-5H3,(H,18,25)/t12-/m0/s1. The molecule has 1 aromatic heterocycles. The van der Waals surface area contributed by atoms with Crippen LogP contribution in [0, 0.1) is 13.8 Å². The van der Waals surface area contributed by atoms with Gasteiger partial charge in [0.1, 0.15) is 6.54 Å². The fourth-order valence-corrected chi connectivity index (χ4v) is 2.76. The fraction of sp³-hybridized carbons (Fsp3) is 0.588. The summed E-state index contributed by atoms with van der Waals surface area (Å²) in [5.41, 5.74) is 2.07. The topological polar surface area (TPSA) is 114 Å². The number of esters is 1. The molecule has 0 spiro atoms. The lowest BCUT2D eigenvalue weighted by atomic mass is 10.2. The first-order valence-electron chi connectivity index (χ1n) is 8.67. The van der Waals surface area contributed by atoms with E-state index in [0.29, 0.717) is 11.4 Å². The molecular formula is C17H25N5O5. The number of rotatable bonds is 7. The molecule has 0 aromatic carbocycles. The Bertz CT molecular complexity index is 772. The van der Waals surface area contributed by atoms with Crippen molar-refractivity contribution < 1.29 is 23.9 Å². The Morgan fingerprint density at radius 1 is 1.26 bits per heavy atom. The number of ether oxygens (including phenoxy) is 1. The fourth-order valence-electron chi connectivity index (χ4n) is 2.76. The smallest absolute Gasteiger partial charge is 0.326 e. The molecule has 1 aliphatic heterocycles. The number of amides is 4. The van der Waals surface area contributed by atoms with Crippen LogP contribution < -0.4 is 5.32 Å². The number of nitrogens with zero attached hydrogens (tertiary/aromatic N) is 4. The van der Waals surface area contributed by atoms with Crippen LogP contribution in [0.4, 0.5) is 10.5 Å². The highest BCUT2D eigenvalue weighted by molar-refractivity contribution is 6.01. The zero-order valence-electron chi connectivity index (χ0n) is 16.2.